The van der Waals surface area contributed by atoms with Crippen LogP contribution >= 0.6 is 0 Å². The summed E-state index contributed by atoms with van der Waals surface area (Å²) in [6.07, 6.45) is 6.04. The normalized spacial score (nSPS) is 23.1. The zero-order valence-electron chi connectivity index (χ0n) is 13.4. The van der Waals surface area contributed by atoms with Crippen molar-refractivity contribution >= 4 is 0 Å². The molecule has 2 aliphatic rings. The molecule has 21 heavy (non-hydrogen) atoms. The molecule has 1 heterocycles. The van der Waals surface area contributed by atoms with Crippen LogP contribution in [0, 0.1) is 5.92 Å². The number of hydrogen-bond donors (Lipinski definition) is 1. The number of benzene rings is 1. The molecule has 1 atom stereocenters. The Morgan fingerprint density at radius 2 is 2.10 bits per heavy atom. The van der Waals surface area contributed by atoms with E-state index >= 15 is 0 Å². The molecular formula is C18H27NO2. The molecule has 0 amide bonds. The van der Waals surface area contributed by atoms with Crippen LogP contribution in [-0.4, -0.2) is 19.3 Å². The first-order valence-corrected chi connectivity index (χ1v) is 8.22. The SMILES string of the molecule is COc1ccc2c(c1)OC1(CCCC1)CC2NCC(C)C. The molecule has 1 fully saturated rings. The fraction of sp³-hybridized carbons (Fsp3) is 0.667. The van der Waals surface area contributed by atoms with Crippen molar-refractivity contribution in [2.24, 2.45) is 5.92 Å². The predicted octanol–water partition coefficient (Wildman–Crippen LogP) is 4.08. The molecule has 1 aromatic rings. The number of methoxy groups -OCH3 is 1. The average Bonchev–Trinajstić information content (AvgIpc) is 2.91. The Labute approximate surface area is 128 Å². The van der Waals surface area contributed by atoms with Gasteiger partial charge in [-0.05, 0) is 44.2 Å². The quantitative estimate of drug-likeness (QED) is 0.906. The highest BCUT2D eigenvalue weighted by Crippen LogP contribution is 2.47. The van der Waals surface area contributed by atoms with Gasteiger partial charge in [-0.1, -0.05) is 19.9 Å². The van der Waals surface area contributed by atoms with Gasteiger partial charge in [0.15, 0.2) is 0 Å². The fourth-order valence-corrected chi connectivity index (χ4v) is 3.66. The molecule has 0 saturated heterocycles. The third-order valence-corrected chi connectivity index (χ3v) is 4.79. The Bertz CT molecular complexity index is 492. The Morgan fingerprint density at radius 3 is 2.76 bits per heavy atom. The summed E-state index contributed by atoms with van der Waals surface area (Å²) in [5.41, 5.74) is 1.34. The Morgan fingerprint density at radius 1 is 1.33 bits per heavy atom. The smallest absolute Gasteiger partial charge is 0.128 e. The van der Waals surface area contributed by atoms with E-state index in [1.54, 1.807) is 7.11 Å². The summed E-state index contributed by atoms with van der Waals surface area (Å²) >= 11 is 0. The first-order chi connectivity index (χ1) is 10.1. The Hall–Kier alpha value is -1.22. The van der Waals surface area contributed by atoms with Gasteiger partial charge < -0.3 is 14.8 Å². The summed E-state index contributed by atoms with van der Waals surface area (Å²) in [7, 11) is 1.71. The van der Waals surface area contributed by atoms with Crippen LogP contribution < -0.4 is 14.8 Å². The molecule has 1 spiro atoms. The van der Waals surface area contributed by atoms with Crippen LogP contribution in [0.5, 0.6) is 11.5 Å². The third kappa shape index (κ3) is 3.03. The minimum Gasteiger partial charge on any atom is -0.497 e. The molecule has 1 saturated carbocycles. The number of fused-ring (bicyclic) bond motifs is 1. The van der Waals surface area contributed by atoms with E-state index in [4.69, 9.17) is 9.47 Å². The van der Waals surface area contributed by atoms with Crippen molar-refractivity contribution in [3.05, 3.63) is 23.8 Å². The first-order valence-electron chi connectivity index (χ1n) is 8.22. The average molecular weight is 289 g/mol. The molecule has 0 radical (unpaired) electrons. The van der Waals surface area contributed by atoms with Gasteiger partial charge in [-0.15, -0.1) is 0 Å². The molecule has 1 aromatic carbocycles. The van der Waals surface area contributed by atoms with Gasteiger partial charge >= 0.3 is 0 Å². The zero-order chi connectivity index (χ0) is 14.9. The lowest BCUT2D eigenvalue weighted by Crippen LogP contribution is -2.42. The molecule has 1 N–H and O–H groups in total. The third-order valence-electron chi connectivity index (χ3n) is 4.79. The summed E-state index contributed by atoms with van der Waals surface area (Å²) in [6.45, 7) is 5.56. The van der Waals surface area contributed by atoms with E-state index in [0.29, 0.717) is 12.0 Å². The van der Waals surface area contributed by atoms with Gasteiger partial charge in [0.2, 0.25) is 0 Å². The number of nitrogens with one attached hydrogen (secondary N) is 1. The lowest BCUT2D eigenvalue weighted by Gasteiger charge is -2.40. The van der Waals surface area contributed by atoms with Crippen LogP contribution in [0.15, 0.2) is 18.2 Å². The summed E-state index contributed by atoms with van der Waals surface area (Å²) < 4.78 is 11.8. The van der Waals surface area contributed by atoms with E-state index < -0.39 is 0 Å². The first kappa shape index (κ1) is 14.7. The molecule has 3 rings (SSSR count). The summed E-state index contributed by atoms with van der Waals surface area (Å²) in [5, 5.41) is 3.75. The minimum atomic E-state index is 0.0496. The van der Waals surface area contributed by atoms with Crippen LogP contribution in [0.2, 0.25) is 0 Å². The molecule has 3 nitrogen and oxygen atoms in total. The predicted molar refractivity (Wildman–Crippen MR) is 85.0 cm³/mol. The monoisotopic (exact) mass is 289 g/mol. The number of rotatable bonds is 4. The van der Waals surface area contributed by atoms with Gasteiger partial charge in [-0.25, -0.2) is 0 Å². The van der Waals surface area contributed by atoms with Crippen LogP contribution in [0.3, 0.4) is 0 Å². The van der Waals surface area contributed by atoms with E-state index in [0.717, 1.165) is 24.5 Å². The van der Waals surface area contributed by atoms with E-state index in [1.165, 1.54) is 31.2 Å². The van der Waals surface area contributed by atoms with Gasteiger partial charge in [0.25, 0.3) is 0 Å². The summed E-state index contributed by atoms with van der Waals surface area (Å²) in [5.74, 6) is 2.56. The highest BCUT2D eigenvalue weighted by Gasteiger charge is 2.43. The summed E-state index contributed by atoms with van der Waals surface area (Å²) in [6, 6.07) is 6.66. The minimum absolute atomic E-state index is 0.0496. The highest BCUT2D eigenvalue weighted by atomic mass is 16.5. The molecule has 116 valence electrons. The van der Waals surface area contributed by atoms with Gasteiger partial charge in [0.05, 0.1) is 7.11 Å². The maximum Gasteiger partial charge on any atom is 0.128 e. The van der Waals surface area contributed by atoms with Crippen molar-refractivity contribution < 1.29 is 9.47 Å². The van der Waals surface area contributed by atoms with Gasteiger partial charge in [-0.3, -0.25) is 0 Å². The van der Waals surface area contributed by atoms with E-state index in [-0.39, 0.29) is 5.60 Å². The largest absolute Gasteiger partial charge is 0.497 e. The van der Waals surface area contributed by atoms with Gasteiger partial charge in [0.1, 0.15) is 17.1 Å². The standard InChI is InChI=1S/C18H27NO2/c1-13(2)12-19-16-11-18(8-4-5-9-18)21-17-10-14(20-3)6-7-15(16)17/h6-7,10,13,16,19H,4-5,8-9,11-12H2,1-3H3. The molecule has 1 aliphatic carbocycles. The molecule has 1 unspecified atom stereocenters. The van der Waals surface area contributed by atoms with Gasteiger partial charge in [-0.2, -0.15) is 0 Å². The second-order valence-corrected chi connectivity index (χ2v) is 6.95. The molecule has 0 bridgehead atoms. The van der Waals surface area contributed by atoms with E-state index in [2.05, 4.69) is 31.3 Å². The Kier molecular flexibility index (Phi) is 4.12. The zero-order valence-corrected chi connectivity index (χ0v) is 13.4. The highest BCUT2D eigenvalue weighted by molar-refractivity contribution is 5.44. The van der Waals surface area contributed by atoms with Crippen LogP contribution in [0.4, 0.5) is 0 Å². The topological polar surface area (TPSA) is 30.5 Å². The molecule has 1 aliphatic heterocycles. The van der Waals surface area contributed by atoms with Crippen molar-refractivity contribution in [1.29, 1.82) is 0 Å². The van der Waals surface area contributed by atoms with Crippen LogP contribution in [0.25, 0.3) is 0 Å². The van der Waals surface area contributed by atoms with E-state index in [9.17, 15) is 0 Å². The summed E-state index contributed by atoms with van der Waals surface area (Å²) in [4.78, 5) is 0. The fourth-order valence-electron chi connectivity index (χ4n) is 3.66. The van der Waals surface area contributed by atoms with Crippen molar-refractivity contribution in [3.8, 4) is 11.5 Å². The van der Waals surface area contributed by atoms with Gasteiger partial charge in [0, 0.05) is 24.1 Å². The number of ether oxygens (including phenoxy) is 2. The Balaban J connectivity index is 1.89. The van der Waals surface area contributed by atoms with Crippen LogP contribution in [-0.2, 0) is 0 Å². The molecule has 0 aromatic heterocycles. The lowest BCUT2D eigenvalue weighted by molar-refractivity contribution is 0.0361. The molecule has 3 heteroatoms. The van der Waals surface area contributed by atoms with Crippen molar-refractivity contribution in [3.63, 3.8) is 0 Å². The van der Waals surface area contributed by atoms with Crippen LogP contribution in [0.1, 0.15) is 57.6 Å². The van der Waals surface area contributed by atoms with E-state index in [1.807, 2.05) is 6.07 Å². The second-order valence-electron chi connectivity index (χ2n) is 6.95. The van der Waals surface area contributed by atoms with Crippen molar-refractivity contribution in [2.75, 3.05) is 13.7 Å². The maximum atomic E-state index is 6.44. The molecular weight excluding hydrogens is 262 g/mol. The van der Waals surface area contributed by atoms with Crippen molar-refractivity contribution in [2.45, 2.75) is 57.6 Å². The maximum absolute atomic E-state index is 6.44. The van der Waals surface area contributed by atoms with Crippen molar-refractivity contribution in [1.82, 2.24) is 5.32 Å². The number of hydrogen-bond acceptors (Lipinski definition) is 3. The second kappa shape index (κ2) is 5.88. The lowest BCUT2D eigenvalue weighted by atomic mass is 9.85.